The first-order valence-electron chi connectivity index (χ1n) is 27.0. The molecule has 364 valence electrons. The van der Waals surface area contributed by atoms with Crippen molar-refractivity contribution in [2.75, 3.05) is 9.80 Å². The third-order valence-electron chi connectivity index (χ3n) is 18.6. The Kier molecular flexibility index (Phi) is 9.65. The number of hydrogen-bond acceptors (Lipinski definition) is 3. The Balaban J connectivity index is 1.22. The molecule has 0 amide bonds. The van der Waals surface area contributed by atoms with Crippen LogP contribution in [0.15, 0.2) is 91.0 Å². The van der Waals surface area contributed by atoms with Crippen molar-refractivity contribution < 1.29 is 0 Å². The fourth-order valence-corrected chi connectivity index (χ4v) is 15.3. The van der Waals surface area contributed by atoms with Crippen molar-refractivity contribution >= 4 is 78.0 Å². The van der Waals surface area contributed by atoms with Crippen LogP contribution in [0.4, 0.5) is 34.1 Å². The lowest BCUT2D eigenvalue weighted by Crippen LogP contribution is -2.62. The minimum absolute atomic E-state index is 0.00513. The molecule has 0 radical (unpaired) electrons. The molecule has 4 heteroatoms. The summed E-state index contributed by atoms with van der Waals surface area (Å²) >= 11 is 2.04. The average Bonchev–Trinajstić information content (AvgIpc) is 3.66. The van der Waals surface area contributed by atoms with Crippen molar-refractivity contribution in [2.45, 2.75) is 188 Å². The average molecular weight is 953 g/mol. The highest BCUT2D eigenvalue weighted by atomic mass is 32.1. The van der Waals surface area contributed by atoms with Crippen LogP contribution >= 0.6 is 11.3 Å². The Morgan fingerprint density at radius 2 is 1.08 bits per heavy atom. The highest BCUT2D eigenvalue weighted by Gasteiger charge is 2.54. The Labute approximate surface area is 431 Å². The van der Waals surface area contributed by atoms with Crippen molar-refractivity contribution in [3.05, 3.63) is 147 Å². The summed E-state index contributed by atoms with van der Waals surface area (Å²) in [6, 6.07) is 37.9. The van der Waals surface area contributed by atoms with Gasteiger partial charge in [-0.25, -0.2) is 0 Å². The summed E-state index contributed by atoms with van der Waals surface area (Å²) in [7, 11) is 0. The number of nitrogens with zero attached hydrogens (tertiary/aromatic N) is 2. The largest absolute Gasteiger partial charge is 0.311 e. The minimum atomic E-state index is -0.113. The van der Waals surface area contributed by atoms with Crippen LogP contribution in [-0.4, -0.2) is 6.71 Å². The van der Waals surface area contributed by atoms with Gasteiger partial charge in [-0.15, -0.1) is 11.3 Å². The Morgan fingerprint density at radius 3 is 1.76 bits per heavy atom. The van der Waals surface area contributed by atoms with E-state index in [0.717, 1.165) is 6.42 Å². The zero-order valence-corrected chi connectivity index (χ0v) is 47.2. The number of fused-ring (bicyclic) bond motifs is 10. The first kappa shape index (κ1) is 47.0. The molecule has 2 nitrogen and oxygen atoms in total. The molecule has 6 aromatic carbocycles. The maximum atomic E-state index is 2.79. The summed E-state index contributed by atoms with van der Waals surface area (Å²) in [5, 5.41) is 1.37. The molecule has 0 N–H and O–H groups in total. The van der Waals surface area contributed by atoms with Crippen LogP contribution in [0.2, 0.25) is 0 Å². The molecule has 0 bridgehead atoms. The monoisotopic (exact) mass is 953 g/mol. The molecule has 3 aliphatic heterocycles. The van der Waals surface area contributed by atoms with E-state index in [1.807, 2.05) is 11.3 Å². The zero-order valence-electron chi connectivity index (χ0n) is 46.4. The number of aryl methyl sites for hydroxylation is 2. The van der Waals surface area contributed by atoms with E-state index in [9.17, 15) is 0 Å². The van der Waals surface area contributed by atoms with Crippen LogP contribution in [0, 0.1) is 13.8 Å². The Morgan fingerprint density at radius 1 is 0.493 bits per heavy atom. The lowest BCUT2D eigenvalue weighted by Gasteiger charge is -2.54. The van der Waals surface area contributed by atoms with Gasteiger partial charge in [-0.2, -0.15) is 0 Å². The van der Waals surface area contributed by atoms with E-state index in [4.69, 9.17) is 0 Å². The van der Waals surface area contributed by atoms with Gasteiger partial charge in [0.05, 0.1) is 17.1 Å². The fraction of sp³-hybridized carbons (Fsp3) is 0.433. The van der Waals surface area contributed by atoms with Gasteiger partial charge in [-0.05, 0) is 181 Å². The van der Waals surface area contributed by atoms with Crippen molar-refractivity contribution in [1.82, 2.24) is 0 Å². The minimum Gasteiger partial charge on any atom is -0.311 e. The molecule has 1 unspecified atom stereocenters. The number of thiophene rings is 1. The van der Waals surface area contributed by atoms with Gasteiger partial charge in [0.25, 0.3) is 6.71 Å². The summed E-state index contributed by atoms with van der Waals surface area (Å²) in [5.74, 6) is 0. The van der Waals surface area contributed by atoms with Crippen LogP contribution in [-0.2, 0) is 37.9 Å². The van der Waals surface area contributed by atoms with E-state index in [0.29, 0.717) is 0 Å². The van der Waals surface area contributed by atoms with Crippen LogP contribution in [0.5, 0.6) is 0 Å². The molecule has 0 saturated carbocycles. The fourth-order valence-electron chi connectivity index (χ4n) is 14.0. The molecular weight excluding hydrogens is 876 g/mol. The van der Waals surface area contributed by atoms with Crippen LogP contribution in [0.1, 0.15) is 192 Å². The van der Waals surface area contributed by atoms with Crippen molar-refractivity contribution in [3.8, 4) is 11.1 Å². The molecule has 1 atom stereocenters. The maximum Gasteiger partial charge on any atom is 0.264 e. The van der Waals surface area contributed by atoms with Gasteiger partial charge >= 0.3 is 0 Å². The number of anilines is 6. The predicted octanol–water partition coefficient (Wildman–Crippen LogP) is 17.2. The molecule has 1 aromatic heterocycles. The van der Waals surface area contributed by atoms with E-state index in [2.05, 4.69) is 225 Å². The van der Waals surface area contributed by atoms with Gasteiger partial charge < -0.3 is 9.80 Å². The zero-order chi connectivity index (χ0) is 50.7. The third-order valence-corrected chi connectivity index (χ3v) is 19.8. The second-order valence-electron chi connectivity index (χ2n) is 28.2. The normalized spacial score (nSPS) is 20.1. The Hall–Kier alpha value is -5.06. The van der Waals surface area contributed by atoms with Crippen LogP contribution < -0.4 is 25.5 Å². The second kappa shape index (κ2) is 14.6. The smallest absolute Gasteiger partial charge is 0.264 e. The van der Waals surface area contributed by atoms with Gasteiger partial charge in [0.2, 0.25) is 0 Å². The SMILES string of the molecule is Cc1cc2c3c(c1)N(c1c(C)cc(C(C)(C)C)cc1-c1ccc4c(c1)C(C)(C)CCC4(C)C)c1c(sc4ccc(C(C)(C)C)cc14)B3c1ccc3c4c1N2c1ccc(C(C)(C)C)cc1C4(C)CCC3(C)C. The van der Waals surface area contributed by atoms with E-state index in [1.165, 1.54) is 140 Å². The number of hydrogen-bond donors (Lipinski definition) is 0. The van der Waals surface area contributed by atoms with Gasteiger partial charge in [0.15, 0.2) is 0 Å². The molecule has 2 aliphatic carbocycles. The molecule has 4 heterocycles. The van der Waals surface area contributed by atoms with E-state index in [1.54, 1.807) is 5.56 Å². The molecular formula is C67H77BN2S. The van der Waals surface area contributed by atoms with Gasteiger partial charge in [0, 0.05) is 42.9 Å². The standard InChI is InChI=1S/C67H77BN2S/c1-38-31-52-56-53(32-38)70(57-39(2)33-43(63(9,10)11)36-44(57)40-19-22-46-48(34-40)66(16,17)28-27-64(46,12)13)58-45-35-41(61(3,4)5)21-26-54(45)71-60(58)68(56)50-24-23-47-55-59(50)69(52)51-25-20-42(62(6,7)8)37-49(51)67(55,18)30-29-65(47,14)15/h19-26,31-37H,27-30H2,1-18H3. The maximum absolute atomic E-state index is 2.79. The summed E-state index contributed by atoms with van der Waals surface area (Å²) in [4.78, 5) is 5.55. The first-order valence-corrected chi connectivity index (χ1v) is 27.8. The van der Waals surface area contributed by atoms with Crippen molar-refractivity contribution in [2.24, 2.45) is 0 Å². The molecule has 12 rings (SSSR count). The van der Waals surface area contributed by atoms with Crippen molar-refractivity contribution in [3.63, 3.8) is 0 Å². The second-order valence-corrected chi connectivity index (χ2v) is 29.3. The highest BCUT2D eigenvalue weighted by molar-refractivity contribution is 7.33. The van der Waals surface area contributed by atoms with Crippen molar-refractivity contribution in [1.29, 1.82) is 0 Å². The molecule has 0 saturated heterocycles. The predicted molar refractivity (Wildman–Crippen MR) is 311 cm³/mol. The topological polar surface area (TPSA) is 6.48 Å². The van der Waals surface area contributed by atoms with E-state index in [-0.39, 0.29) is 44.6 Å². The quantitative estimate of drug-likeness (QED) is 0.159. The molecule has 7 aromatic rings. The highest BCUT2D eigenvalue weighted by Crippen LogP contribution is 2.62. The lowest BCUT2D eigenvalue weighted by atomic mass is 9.35. The molecule has 0 spiro atoms. The molecule has 5 aliphatic rings. The van der Waals surface area contributed by atoms with E-state index >= 15 is 0 Å². The lowest BCUT2D eigenvalue weighted by molar-refractivity contribution is 0.332. The number of benzene rings is 6. The summed E-state index contributed by atoms with van der Waals surface area (Å²) in [6.07, 6.45) is 4.69. The number of rotatable bonds is 2. The van der Waals surface area contributed by atoms with Crippen LogP contribution in [0.3, 0.4) is 0 Å². The van der Waals surface area contributed by atoms with Crippen LogP contribution in [0.25, 0.3) is 21.2 Å². The van der Waals surface area contributed by atoms with Gasteiger partial charge in [-0.1, -0.05) is 165 Å². The van der Waals surface area contributed by atoms with E-state index < -0.39 is 0 Å². The summed E-state index contributed by atoms with van der Waals surface area (Å²) in [5.41, 5.74) is 28.2. The molecule has 71 heavy (non-hydrogen) atoms. The van der Waals surface area contributed by atoms with Gasteiger partial charge in [-0.3, -0.25) is 0 Å². The van der Waals surface area contributed by atoms with Gasteiger partial charge in [0.1, 0.15) is 0 Å². The third kappa shape index (κ3) is 6.63. The summed E-state index contributed by atoms with van der Waals surface area (Å²) < 4.78 is 2.83. The summed E-state index contributed by atoms with van der Waals surface area (Å²) in [6.45, 7) is 43.7. The Bertz CT molecular complexity index is 3460. The first-order chi connectivity index (χ1) is 33.0. The molecule has 0 fully saturated rings.